The molecule has 72 valence electrons. The molecule has 0 heterocycles. The average molecular weight is 174 g/mol. The third kappa shape index (κ3) is 4.31. The van der Waals surface area contributed by atoms with E-state index < -0.39 is 0 Å². The Morgan fingerprint density at radius 1 is 1.58 bits per heavy atom. The molecule has 1 atom stereocenters. The Balaban J connectivity index is 3.87. The summed E-state index contributed by atoms with van der Waals surface area (Å²) < 4.78 is 4.87. The van der Waals surface area contributed by atoms with Crippen LogP contribution >= 0.6 is 0 Å². The van der Waals surface area contributed by atoms with Crippen LogP contribution in [0.25, 0.3) is 0 Å². The van der Waals surface area contributed by atoms with Crippen molar-refractivity contribution in [1.29, 1.82) is 0 Å². The lowest BCUT2D eigenvalue weighted by Gasteiger charge is -2.18. The fraction of sp³-hybridized carbons (Fsp3) is 0.875. The molecule has 0 fully saturated rings. The first kappa shape index (κ1) is 11.4. The molecule has 4 heteroatoms. The van der Waals surface area contributed by atoms with Gasteiger partial charge in [-0.25, -0.2) is 0 Å². The Morgan fingerprint density at radius 2 is 2.17 bits per heavy atom. The first-order valence-electron chi connectivity index (χ1n) is 4.10. The highest BCUT2D eigenvalue weighted by Crippen LogP contribution is 1.90. The fourth-order valence-corrected chi connectivity index (χ4v) is 0.892. The topological polar surface area (TPSA) is 41.6 Å². The van der Waals surface area contributed by atoms with E-state index in [1.54, 1.807) is 14.0 Å². The number of carbonyl (C=O) groups is 1. The molecule has 0 rings (SSSR count). The largest absolute Gasteiger partial charge is 0.465 e. The summed E-state index contributed by atoms with van der Waals surface area (Å²) in [5.41, 5.74) is 0. The molecule has 0 spiro atoms. The number of ether oxygens (including phenoxy) is 1. The van der Waals surface area contributed by atoms with E-state index in [-0.39, 0.29) is 12.0 Å². The lowest BCUT2D eigenvalue weighted by atomic mass is 10.3. The number of hydrogen-bond acceptors (Lipinski definition) is 4. The molecule has 4 nitrogen and oxygen atoms in total. The van der Waals surface area contributed by atoms with Gasteiger partial charge in [-0.3, -0.25) is 4.79 Å². The standard InChI is InChI=1S/C8H18N2O2/c1-5-12-8(11)7(9-2)6-10(3)4/h7,9H,5-6H2,1-4H3. The quantitative estimate of drug-likeness (QED) is 0.581. The van der Waals surface area contributed by atoms with Gasteiger partial charge in [-0.15, -0.1) is 0 Å². The molecule has 0 saturated carbocycles. The molecule has 0 aromatic carbocycles. The number of hydrogen-bond donors (Lipinski definition) is 1. The van der Waals surface area contributed by atoms with Gasteiger partial charge in [-0.05, 0) is 28.1 Å². The van der Waals surface area contributed by atoms with E-state index in [0.29, 0.717) is 13.2 Å². The van der Waals surface area contributed by atoms with Crippen LogP contribution in [0.2, 0.25) is 0 Å². The SMILES string of the molecule is CCOC(=O)C(CN(C)C)NC. The van der Waals surface area contributed by atoms with E-state index >= 15 is 0 Å². The Labute approximate surface area is 73.9 Å². The van der Waals surface area contributed by atoms with Gasteiger partial charge < -0.3 is 15.0 Å². The zero-order valence-corrected chi connectivity index (χ0v) is 8.26. The number of esters is 1. The van der Waals surface area contributed by atoms with Crippen molar-refractivity contribution in [3.05, 3.63) is 0 Å². The molecule has 0 radical (unpaired) electrons. The van der Waals surface area contributed by atoms with Gasteiger partial charge in [0.15, 0.2) is 0 Å². The number of likely N-dealkylation sites (N-methyl/N-ethyl adjacent to an activating group) is 2. The first-order chi connectivity index (χ1) is 5.61. The average Bonchev–Trinajstić information content (AvgIpc) is 2.00. The maximum atomic E-state index is 11.2. The van der Waals surface area contributed by atoms with Crippen molar-refractivity contribution < 1.29 is 9.53 Å². The van der Waals surface area contributed by atoms with Crippen molar-refractivity contribution in [2.45, 2.75) is 13.0 Å². The van der Waals surface area contributed by atoms with Crippen molar-refractivity contribution in [2.75, 3.05) is 34.3 Å². The van der Waals surface area contributed by atoms with Gasteiger partial charge in [-0.2, -0.15) is 0 Å². The van der Waals surface area contributed by atoms with Crippen molar-refractivity contribution in [2.24, 2.45) is 0 Å². The summed E-state index contributed by atoms with van der Waals surface area (Å²) in [6.45, 7) is 2.90. The molecule has 1 unspecified atom stereocenters. The van der Waals surface area contributed by atoms with Crippen molar-refractivity contribution in [3.63, 3.8) is 0 Å². The summed E-state index contributed by atoms with van der Waals surface area (Å²) >= 11 is 0. The summed E-state index contributed by atoms with van der Waals surface area (Å²) in [5.74, 6) is -0.186. The van der Waals surface area contributed by atoms with E-state index in [9.17, 15) is 4.79 Å². The van der Waals surface area contributed by atoms with Crippen molar-refractivity contribution in [3.8, 4) is 0 Å². The van der Waals surface area contributed by atoms with Crippen LogP contribution in [0.3, 0.4) is 0 Å². The molecule has 0 amide bonds. The third-order valence-corrected chi connectivity index (χ3v) is 1.47. The van der Waals surface area contributed by atoms with Crippen LogP contribution in [-0.4, -0.2) is 51.2 Å². The molecule has 12 heavy (non-hydrogen) atoms. The zero-order chi connectivity index (χ0) is 9.56. The van der Waals surface area contributed by atoms with Gasteiger partial charge in [0.1, 0.15) is 6.04 Å². The predicted octanol–water partition coefficient (Wildman–Crippen LogP) is -0.301. The summed E-state index contributed by atoms with van der Waals surface area (Å²) in [6, 6.07) is -0.222. The number of nitrogens with one attached hydrogen (secondary N) is 1. The second-order valence-corrected chi connectivity index (χ2v) is 2.86. The number of carbonyl (C=O) groups excluding carboxylic acids is 1. The lowest BCUT2D eigenvalue weighted by Crippen LogP contribution is -2.43. The molecule has 0 bridgehead atoms. The summed E-state index contributed by atoms with van der Waals surface area (Å²) in [7, 11) is 5.60. The van der Waals surface area contributed by atoms with Crippen molar-refractivity contribution in [1.82, 2.24) is 10.2 Å². The highest BCUT2D eigenvalue weighted by Gasteiger charge is 2.17. The van der Waals surface area contributed by atoms with Gasteiger partial charge in [0.25, 0.3) is 0 Å². The predicted molar refractivity (Wildman–Crippen MR) is 48.0 cm³/mol. The lowest BCUT2D eigenvalue weighted by molar-refractivity contribution is -0.145. The molecular weight excluding hydrogens is 156 g/mol. The smallest absolute Gasteiger partial charge is 0.324 e. The second kappa shape index (κ2) is 5.97. The molecule has 0 aromatic heterocycles. The fourth-order valence-electron chi connectivity index (χ4n) is 0.892. The Morgan fingerprint density at radius 3 is 2.50 bits per heavy atom. The van der Waals surface area contributed by atoms with E-state index in [2.05, 4.69) is 5.32 Å². The van der Waals surface area contributed by atoms with Gasteiger partial charge in [0.2, 0.25) is 0 Å². The monoisotopic (exact) mass is 174 g/mol. The molecule has 0 aliphatic carbocycles. The van der Waals surface area contributed by atoms with Gasteiger partial charge >= 0.3 is 5.97 Å². The highest BCUT2D eigenvalue weighted by molar-refractivity contribution is 5.76. The molecule has 0 aliphatic heterocycles. The first-order valence-corrected chi connectivity index (χ1v) is 4.10. The van der Waals surface area contributed by atoms with E-state index in [0.717, 1.165) is 0 Å². The van der Waals surface area contributed by atoms with Crippen LogP contribution in [0.15, 0.2) is 0 Å². The maximum absolute atomic E-state index is 11.2. The number of rotatable bonds is 5. The minimum atomic E-state index is -0.222. The second-order valence-electron chi connectivity index (χ2n) is 2.86. The molecule has 0 saturated heterocycles. The molecular formula is C8H18N2O2. The molecule has 0 aromatic rings. The van der Waals surface area contributed by atoms with Crippen LogP contribution in [0.5, 0.6) is 0 Å². The summed E-state index contributed by atoms with van der Waals surface area (Å²) in [6.07, 6.45) is 0. The Kier molecular flexibility index (Phi) is 5.66. The summed E-state index contributed by atoms with van der Waals surface area (Å²) in [4.78, 5) is 13.1. The van der Waals surface area contributed by atoms with Crippen LogP contribution in [0.1, 0.15) is 6.92 Å². The normalized spacial score (nSPS) is 13.1. The van der Waals surface area contributed by atoms with Gasteiger partial charge in [-0.1, -0.05) is 0 Å². The van der Waals surface area contributed by atoms with Crippen molar-refractivity contribution >= 4 is 5.97 Å². The highest BCUT2D eigenvalue weighted by atomic mass is 16.5. The van der Waals surface area contributed by atoms with Gasteiger partial charge in [0.05, 0.1) is 6.61 Å². The number of nitrogens with zero attached hydrogens (tertiary/aromatic N) is 1. The molecule has 0 aliphatic rings. The minimum absolute atomic E-state index is 0.186. The van der Waals surface area contributed by atoms with Crippen LogP contribution < -0.4 is 5.32 Å². The van der Waals surface area contributed by atoms with E-state index in [4.69, 9.17) is 4.74 Å². The Hall–Kier alpha value is -0.610. The van der Waals surface area contributed by atoms with Crippen LogP contribution in [0.4, 0.5) is 0 Å². The van der Waals surface area contributed by atoms with Gasteiger partial charge in [0, 0.05) is 6.54 Å². The molecule has 1 N–H and O–H groups in total. The third-order valence-electron chi connectivity index (χ3n) is 1.47. The van der Waals surface area contributed by atoms with Crippen LogP contribution in [-0.2, 0) is 9.53 Å². The summed E-state index contributed by atoms with van der Waals surface area (Å²) in [5, 5.41) is 2.90. The van der Waals surface area contributed by atoms with Crippen LogP contribution in [0, 0.1) is 0 Å². The van der Waals surface area contributed by atoms with E-state index in [1.807, 2.05) is 19.0 Å². The Bertz CT molecular complexity index is 137. The maximum Gasteiger partial charge on any atom is 0.324 e. The van der Waals surface area contributed by atoms with E-state index in [1.165, 1.54) is 0 Å². The zero-order valence-electron chi connectivity index (χ0n) is 8.26. The minimum Gasteiger partial charge on any atom is -0.465 e.